The monoisotopic (exact) mass is 218 g/mol. The van der Waals surface area contributed by atoms with Gasteiger partial charge in [-0.15, -0.1) is 0 Å². The van der Waals surface area contributed by atoms with Crippen LogP contribution < -0.4 is 4.90 Å². The van der Waals surface area contributed by atoms with Crippen LogP contribution in [0, 0.1) is 0 Å². The molecule has 0 bridgehead atoms. The summed E-state index contributed by atoms with van der Waals surface area (Å²) in [5.74, 6) is 0.0695. The van der Waals surface area contributed by atoms with E-state index in [2.05, 4.69) is 10.1 Å². The first-order valence-corrected chi connectivity index (χ1v) is 5.17. The number of aromatic nitrogens is 3. The predicted octanol–water partition coefficient (Wildman–Crippen LogP) is 1.39. The number of anilines is 1. The Balaban J connectivity index is 2.54. The second-order valence-electron chi connectivity index (χ2n) is 3.81. The van der Waals surface area contributed by atoms with Crippen molar-refractivity contribution in [2.24, 2.45) is 0 Å². The summed E-state index contributed by atoms with van der Waals surface area (Å²) in [7, 11) is 3.87. The van der Waals surface area contributed by atoms with Gasteiger partial charge in [0, 0.05) is 20.5 Å². The van der Waals surface area contributed by atoms with Gasteiger partial charge in [-0.05, 0) is 0 Å². The van der Waals surface area contributed by atoms with E-state index < -0.39 is 0 Å². The summed E-state index contributed by atoms with van der Waals surface area (Å²) in [5.41, 5.74) is 2.16. The maximum atomic E-state index is 11.6. The van der Waals surface area contributed by atoms with Crippen LogP contribution in [0.3, 0.4) is 0 Å². The van der Waals surface area contributed by atoms with E-state index in [-0.39, 0.29) is 5.78 Å². The molecule has 0 aliphatic carbocycles. The Bertz CT molecular complexity index is 530. The SMILES string of the molecule is CCC(=O)c1cnn2cc(N(C)C)cnc12. The van der Waals surface area contributed by atoms with Crippen LogP contribution in [0.15, 0.2) is 18.6 Å². The van der Waals surface area contributed by atoms with Crippen molar-refractivity contribution >= 4 is 17.1 Å². The minimum atomic E-state index is 0.0695. The quantitative estimate of drug-likeness (QED) is 0.730. The number of carbonyl (C=O) groups is 1. The average Bonchev–Trinajstić information content (AvgIpc) is 2.70. The number of hydrogen-bond acceptors (Lipinski definition) is 4. The minimum Gasteiger partial charge on any atom is -0.375 e. The third-order valence-electron chi connectivity index (χ3n) is 2.48. The van der Waals surface area contributed by atoms with E-state index in [4.69, 9.17) is 0 Å². The van der Waals surface area contributed by atoms with E-state index in [0.29, 0.717) is 17.6 Å². The summed E-state index contributed by atoms with van der Waals surface area (Å²) in [6, 6.07) is 0. The molecule has 0 saturated heterocycles. The first-order valence-electron chi connectivity index (χ1n) is 5.17. The molecule has 0 unspecified atom stereocenters. The molecule has 0 atom stereocenters. The molecule has 0 fully saturated rings. The highest BCUT2D eigenvalue weighted by molar-refractivity contribution is 6.01. The molecule has 0 aliphatic rings. The van der Waals surface area contributed by atoms with Crippen molar-refractivity contribution in [3.63, 3.8) is 0 Å². The van der Waals surface area contributed by atoms with E-state index in [1.165, 1.54) is 0 Å². The molecule has 0 saturated carbocycles. The summed E-state index contributed by atoms with van der Waals surface area (Å²) in [4.78, 5) is 17.8. The van der Waals surface area contributed by atoms with Crippen molar-refractivity contribution in [3.05, 3.63) is 24.2 Å². The van der Waals surface area contributed by atoms with E-state index in [0.717, 1.165) is 5.69 Å². The first kappa shape index (κ1) is 10.6. The topological polar surface area (TPSA) is 50.5 Å². The van der Waals surface area contributed by atoms with Crippen LogP contribution in [0.2, 0.25) is 0 Å². The molecule has 0 N–H and O–H groups in total. The van der Waals surface area contributed by atoms with Crippen molar-refractivity contribution in [1.82, 2.24) is 14.6 Å². The lowest BCUT2D eigenvalue weighted by atomic mass is 10.2. The minimum absolute atomic E-state index is 0.0695. The van der Waals surface area contributed by atoms with Gasteiger partial charge in [-0.1, -0.05) is 6.92 Å². The summed E-state index contributed by atoms with van der Waals surface area (Å²) in [6.45, 7) is 1.83. The van der Waals surface area contributed by atoms with Crippen molar-refractivity contribution in [2.75, 3.05) is 19.0 Å². The predicted molar refractivity (Wildman–Crippen MR) is 61.9 cm³/mol. The normalized spacial score (nSPS) is 10.7. The standard InChI is InChI=1S/C11H14N4O/c1-4-10(16)9-6-13-15-7-8(14(2)3)5-12-11(9)15/h5-7H,4H2,1-3H3. The lowest BCUT2D eigenvalue weighted by Crippen LogP contribution is -2.10. The van der Waals surface area contributed by atoms with Crippen LogP contribution in [0.1, 0.15) is 23.7 Å². The highest BCUT2D eigenvalue weighted by Gasteiger charge is 2.12. The van der Waals surface area contributed by atoms with E-state index >= 15 is 0 Å². The molecule has 2 heterocycles. The van der Waals surface area contributed by atoms with Gasteiger partial charge in [-0.3, -0.25) is 4.79 Å². The lowest BCUT2D eigenvalue weighted by molar-refractivity contribution is 0.0989. The average molecular weight is 218 g/mol. The van der Waals surface area contributed by atoms with Gasteiger partial charge >= 0.3 is 0 Å². The van der Waals surface area contributed by atoms with Gasteiger partial charge in [0.1, 0.15) is 0 Å². The molecule has 2 rings (SSSR count). The number of hydrogen-bond donors (Lipinski definition) is 0. The van der Waals surface area contributed by atoms with E-state index in [9.17, 15) is 4.79 Å². The van der Waals surface area contributed by atoms with Crippen LogP contribution in [0.5, 0.6) is 0 Å². The number of ketones is 1. The first-order chi connectivity index (χ1) is 7.63. The van der Waals surface area contributed by atoms with Crippen molar-refractivity contribution < 1.29 is 4.79 Å². The molecule has 0 amide bonds. The van der Waals surface area contributed by atoms with Crippen molar-refractivity contribution in [2.45, 2.75) is 13.3 Å². The zero-order valence-corrected chi connectivity index (χ0v) is 9.64. The summed E-state index contributed by atoms with van der Waals surface area (Å²) in [6.07, 6.45) is 5.64. The molecule has 84 valence electrons. The number of rotatable bonds is 3. The number of fused-ring (bicyclic) bond motifs is 1. The molecular weight excluding hydrogens is 204 g/mol. The molecule has 0 spiro atoms. The molecule has 2 aromatic rings. The highest BCUT2D eigenvalue weighted by atomic mass is 16.1. The molecule has 0 aromatic carbocycles. The smallest absolute Gasteiger partial charge is 0.168 e. The second kappa shape index (κ2) is 3.92. The van der Waals surface area contributed by atoms with Gasteiger partial charge in [0.2, 0.25) is 0 Å². The van der Waals surface area contributed by atoms with Gasteiger partial charge in [0.25, 0.3) is 0 Å². The summed E-state index contributed by atoms with van der Waals surface area (Å²) >= 11 is 0. The number of nitrogens with zero attached hydrogens (tertiary/aromatic N) is 4. The maximum Gasteiger partial charge on any atom is 0.168 e. The third-order valence-corrected chi connectivity index (χ3v) is 2.48. The van der Waals surface area contributed by atoms with Gasteiger partial charge < -0.3 is 4.90 Å². The van der Waals surface area contributed by atoms with Crippen LogP contribution in [-0.2, 0) is 0 Å². The Morgan fingerprint density at radius 2 is 2.19 bits per heavy atom. The number of Topliss-reactive ketones (excluding diaryl/α,β-unsaturated/α-hetero) is 1. The molecule has 0 radical (unpaired) electrons. The molecule has 16 heavy (non-hydrogen) atoms. The Morgan fingerprint density at radius 3 is 2.81 bits per heavy atom. The summed E-state index contributed by atoms with van der Waals surface area (Å²) < 4.78 is 1.64. The fourth-order valence-corrected chi connectivity index (χ4v) is 1.48. The molecule has 5 heteroatoms. The Hall–Kier alpha value is -1.91. The van der Waals surface area contributed by atoms with E-state index in [1.807, 2.05) is 32.1 Å². The van der Waals surface area contributed by atoms with Crippen LogP contribution >= 0.6 is 0 Å². The second-order valence-corrected chi connectivity index (χ2v) is 3.81. The molecule has 5 nitrogen and oxygen atoms in total. The molecular formula is C11H14N4O. The molecule has 2 aromatic heterocycles. The van der Waals surface area contributed by atoms with Gasteiger partial charge in [0.15, 0.2) is 11.4 Å². The maximum absolute atomic E-state index is 11.6. The Morgan fingerprint density at radius 1 is 1.44 bits per heavy atom. The third kappa shape index (κ3) is 1.64. The zero-order valence-electron chi connectivity index (χ0n) is 9.64. The van der Waals surface area contributed by atoms with Crippen molar-refractivity contribution in [1.29, 1.82) is 0 Å². The van der Waals surface area contributed by atoms with Crippen molar-refractivity contribution in [3.8, 4) is 0 Å². The molecule has 0 aliphatic heterocycles. The zero-order chi connectivity index (χ0) is 11.7. The van der Waals surface area contributed by atoms with Crippen LogP contribution in [0.4, 0.5) is 5.69 Å². The lowest BCUT2D eigenvalue weighted by Gasteiger charge is -2.11. The van der Waals surface area contributed by atoms with Gasteiger partial charge in [-0.25, -0.2) is 9.50 Å². The Kier molecular flexibility index (Phi) is 2.60. The van der Waals surface area contributed by atoms with Crippen LogP contribution in [0.25, 0.3) is 5.65 Å². The fraction of sp³-hybridized carbons (Fsp3) is 0.364. The van der Waals surface area contributed by atoms with Gasteiger partial charge in [0.05, 0.1) is 29.8 Å². The fourth-order valence-electron chi connectivity index (χ4n) is 1.48. The van der Waals surface area contributed by atoms with E-state index in [1.54, 1.807) is 16.9 Å². The Labute approximate surface area is 93.7 Å². The van der Waals surface area contributed by atoms with Crippen LogP contribution in [-0.4, -0.2) is 34.5 Å². The summed E-state index contributed by atoms with van der Waals surface area (Å²) in [5, 5.41) is 4.14. The van der Waals surface area contributed by atoms with Gasteiger partial charge in [-0.2, -0.15) is 5.10 Å². The number of carbonyl (C=O) groups excluding carboxylic acids is 1. The highest BCUT2D eigenvalue weighted by Crippen LogP contribution is 2.14. The largest absolute Gasteiger partial charge is 0.375 e.